The smallest absolute Gasteiger partial charge is 0.251 e. The fourth-order valence-electron chi connectivity index (χ4n) is 5.50. The van der Waals surface area contributed by atoms with Crippen LogP contribution in [-0.2, 0) is 19.5 Å². The van der Waals surface area contributed by atoms with Gasteiger partial charge in [0.15, 0.2) is 0 Å². The number of carbonyl (C=O) groups excluding carboxylic acids is 1. The van der Waals surface area contributed by atoms with E-state index in [0.717, 1.165) is 35.2 Å². The van der Waals surface area contributed by atoms with Crippen LogP contribution < -0.4 is 19.7 Å². The number of aliphatic hydroxyl groups is 1. The van der Waals surface area contributed by atoms with Gasteiger partial charge in [-0.1, -0.05) is 42.5 Å². The zero-order valence-electron chi connectivity index (χ0n) is 24.6. The van der Waals surface area contributed by atoms with E-state index in [1.165, 1.54) is 0 Å². The van der Waals surface area contributed by atoms with E-state index in [-0.39, 0.29) is 18.2 Å². The highest BCUT2D eigenvalue weighted by Gasteiger charge is 2.30. The molecule has 0 unspecified atom stereocenters. The number of amides is 1. The van der Waals surface area contributed by atoms with Crippen LogP contribution in [0.2, 0.25) is 0 Å². The van der Waals surface area contributed by atoms with Crippen LogP contribution in [-0.4, -0.2) is 67.8 Å². The number of nitrogens with zero attached hydrogens (tertiary/aromatic N) is 3. The summed E-state index contributed by atoms with van der Waals surface area (Å²) in [6.45, 7) is 3.90. The number of aromatic nitrogens is 2. The van der Waals surface area contributed by atoms with Crippen molar-refractivity contribution in [3.8, 4) is 5.75 Å². The molecule has 0 bridgehead atoms. The molecule has 1 fully saturated rings. The summed E-state index contributed by atoms with van der Waals surface area (Å²) < 4.78 is 30.7. The monoisotopic (exact) mass is 607 g/mol. The molecule has 0 saturated carbocycles. The summed E-state index contributed by atoms with van der Waals surface area (Å²) in [7, 11) is -1.40. The molecule has 5 N–H and O–H groups in total. The number of imidazole rings is 1. The standard InChI is InChI=1S/C32H41N5O5S/c1-3-36-22-34-31-28(36)18-25(19-29(31)37-14-7-8-15-43(37,40)41)32(39)35-27(17-23-10-5-4-6-11-23)30(38)21-33-20-24-12-9-13-26(16-24)42-2/h4-6,9-13,16,18-19,22,27,30,33,38,40-41H,3,7-8,14-15,17,20-21H2,1-2H3,(H,35,39)/t27-,30+/m0/s1. The van der Waals surface area contributed by atoms with Crippen molar-refractivity contribution < 1.29 is 23.7 Å². The molecular formula is C32H41N5O5S. The molecule has 2 atom stereocenters. The number of methoxy groups -OCH3 is 1. The number of hydrogen-bond donors (Lipinski definition) is 5. The number of carbonyl (C=O) groups is 1. The van der Waals surface area contributed by atoms with Crippen LogP contribution >= 0.6 is 10.8 Å². The minimum atomic E-state index is -3.03. The summed E-state index contributed by atoms with van der Waals surface area (Å²) in [4.78, 5) is 18.4. The molecule has 1 amide bonds. The van der Waals surface area contributed by atoms with Gasteiger partial charge in [0.05, 0.1) is 42.5 Å². The summed E-state index contributed by atoms with van der Waals surface area (Å²) in [5, 5.41) is 17.7. The molecular weight excluding hydrogens is 566 g/mol. The number of ether oxygens (including phenoxy) is 1. The maximum Gasteiger partial charge on any atom is 0.251 e. The van der Waals surface area contributed by atoms with Crippen LogP contribution in [0.5, 0.6) is 5.75 Å². The summed E-state index contributed by atoms with van der Waals surface area (Å²) in [5.74, 6) is 0.696. The van der Waals surface area contributed by atoms with E-state index < -0.39 is 22.9 Å². The van der Waals surface area contributed by atoms with Gasteiger partial charge in [0, 0.05) is 31.7 Å². The fourth-order valence-corrected chi connectivity index (χ4v) is 7.18. The maximum absolute atomic E-state index is 13.9. The summed E-state index contributed by atoms with van der Waals surface area (Å²) >= 11 is 0. The van der Waals surface area contributed by atoms with E-state index in [4.69, 9.17) is 4.74 Å². The van der Waals surface area contributed by atoms with Crippen LogP contribution in [0.1, 0.15) is 41.3 Å². The Morgan fingerprint density at radius 2 is 1.86 bits per heavy atom. The molecule has 1 aromatic heterocycles. The number of hydrogen-bond acceptors (Lipinski definition) is 8. The normalized spacial score (nSPS) is 16.9. The van der Waals surface area contributed by atoms with Crippen LogP contribution in [0.4, 0.5) is 5.69 Å². The molecule has 0 spiro atoms. The molecule has 43 heavy (non-hydrogen) atoms. The third kappa shape index (κ3) is 7.31. The minimum Gasteiger partial charge on any atom is -0.497 e. The summed E-state index contributed by atoms with van der Waals surface area (Å²) in [5.41, 5.74) is 4.28. The predicted octanol–water partition coefficient (Wildman–Crippen LogP) is 4.82. The molecule has 3 aromatic carbocycles. The second kappa shape index (κ2) is 13.8. The number of rotatable bonds is 12. The molecule has 1 aliphatic rings. The van der Waals surface area contributed by atoms with Crippen molar-refractivity contribution in [1.82, 2.24) is 20.2 Å². The van der Waals surface area contributed by atoms with Gasteiger partial charge >= 0.3 is 0 Å². The average molecular weight is 608 g/mol. The predicted molar refractivity (Wildman–Crippen MR) is 172 cm³/mol. The molecule has 5 rings (SSSR count). The van der Waals surface area contributed by atoms with E-state index in [1.54, 1.807) is 29.9 Å². The average Bonchev–Trinajstić information content (AvgIpc) is 3.44. The first-order valence-electron chi connectivity index (χ1n) is 14.7. The molecule has 1 aliphatic heterocycles. The van der Waals surface area contributed by atoms with Gasteiger partial charge in [-0.15, -0.1) is 10.8 Å². The Bertz CT molecular complexity index is 1530. The highest BCUT2D eigenvalue weighted by Crippen LogP contribution is 2.51. The second-order valence-corrected chi connectivity index (χ2v) is 13.0. The Labute approximate surface area is 254 Å². The lowest BCUT2D eigenvalue weighted by Crippen LogP contribution is -2.48. The molecule has 1 saturated heterocycles. The van der Waals surface area contributed by atoms with Crippen molar-refractivity contribution in [2.45, 2.75) is 51.4 Å². The molecule has 10 nitrogen and oxygen atoms in total. The molecule has 2 heterocycles. The molecule has 230 valence electrons. The summed E-state index contributed by atoms with van der Waals surface area (Å²) in [6.07, 6.45) is 2.81. The van der Waals surface area contributed by atoms with Gasteiger partial charge in [-0.25, -0.2) is 4.98 Å². The van der Waals surface area contributed by atoms with Gasteiger partial charge < -0.3 is 25.0 Å². The van der Waals surface area contributed by atoms with Gasteiger partial charge in [-0.2, -0.15) is 0 Å². The largest absolute Gasteiger partial charge is 0.497 e. The first-order valence-corrected chi connectivity index (χ1v) is 16.4. The van der Waals surface area contributed by atoms with E-state index >= 15 is 0 Å². The van der Waals surface area contributed by atoms with Crippen molar-refractivity contribution in [2.75, 3.05) is 30.3 Å². The van der Waals surface area contributed by atoms with Gasteiger partial charge in [-0.05, 0) is 61.6 Å². The van der Waals surface area contributed by atoms with Crippen molar-refractivity contribution in [3.05, 3.63) is 89.7 Å². The Morgan fingerprint density at radius 1 is 1.07 bits per heavy atom. The van der Waals surface area contributed by atoms with Gasteiger partial charge in [0.1, 0.15) is 11.3 Å². The third-order valence-electron chi connectivity index (χ3n) is 7.86. The van der Waals surface area contributed by atoms with Crippen LogP contribution in [0.15, 0.2) is 73.1 Å². The van der Waals surface area contributed by atoms with Crippen LogP contribution in [0.25, 0.3) is 11.0 Å². The lowest BCUT2D eigenvalue weighted by molar-refractivity contribution is 0.0830. The maximum atomic E-state index is 13.9. The van der Waals surface area contributed by atoms with Crippen molar-refractivity contribution in [3.63, 3.8) is 0 Å². The number of aliphatic hydroxyl groups excluding tert-OH is 1. The number of anilines is 1. The number of benzene rings is 3. The van der Waals surface area contributed by atoms with Crippen molar-refractivity contribution >= 4 is 33.4 Å². The second-order valence-electron chi connectivity index (χ2n) is 10.9. The SMILES string of the molecule is CCn1cnc2c(N3CCCCS3(O)O)cc(C(=O)N[C@@H](Cc3ccccc3)[C@H](O)CNCc3cccc(OC)c3)cc21. The Kier molecular flexibility index (Phi) is 9.89. The Hall–Kier alpha value is -3.61. The fraction of sp³-hybridized carbons (Fsp3) is 0.375. The molecule has 0 aliphatic carbocycles. The van der Waals surface area contributed by atoms with Crippen LogP contribution in [0, 0.1) is 0 Å². The topological polar surface area (TPSA) is 132 Å². The van der Waals surface area contributed by atoms with Crippen molar-refractivity contribution in [1.29, 1.82) is 0 Å². The molecule has 0 radical (unpaired) electrons. The molecule has 11 heteroatoms. The third-order valence-corrected chi connectivity index (χ3v) is 9.78. The number of fused-ring (bicyclic) bond motifs is 1. The number of nitrogens with one attached hydrogen (secondary N) is 2. The van der Waals surface area contributed by atoms with Crippen molar-refractivity contribution in [2.24, 2.45) is 0 Å². The van der Waals surface area contributed by atoms with Crippen LogP contribution in [0.3, 0.4) is 0 Å². The summed E-state index contributed by atoms with van der Waals surface area (Å²) in [6, 6.07) is 20.4. The van der Waals surface area contributed by atoms with E-state index in [2.05, 4.69) is 15.6 Å². The Balaban J connectivity index is 1.39. The highest BCUT2D eigenvalue weighted by molar-refractivity contribution is 8.25. The lowest BCUT2D eigenvalue weighted by atomic mass is 10.00. The first kappa shape index (κ1) is 30.8. The first-order chi connectivity index (χ1) is 20.8. The number of aryl methyl sites for hydroxylation is 1. The Morgan fingerprint density at radius 3 is 2.60 bits per heavy atom. The van der Waals surface area contributed by atoms with Gasteiger partial charge in [0.25, 0.3) is 5.91 Å². The van der Waals surface area contributed by atoms with E-state index in [0.29, 0.717) is 42.8 Å². The quantitative estimate of drug-likeness (QED) is 0.155. The van der Waals surface area contributed by atoms with Gasteiger partial charge in [-0.3, -0.25) is 18.2 Å². The van der Waals surface area contributed by atoms with E-state index in [1.807, 2.05) is 66.1 Å². The lowest BCUT2D eigenvalue weighted by Gasteiger charge is -2.47. The zero-order valence-corrected chi connectivity index (χ0v) is 25.5. The highest BCUT2D eigenvalue weighted by atomic mass is 32.3. The molecule has 4 aromatic rings. The van der Waals surface area contributed by atoms with Gasteiger partial charge in [0.2, 0.25) is 0 Å². The minimum absolute atomic E-state index is 0.260. The van der Waals surface area contributed by atoms with E-state index in [9.17, 15) is 19.0 Å². The zero-order chi connectivity index (χ0) is 30.4.